The van der Waals surface area contributed by atoms with Crippen molar-refractivity contribution >= 4 is 36.8 Å². The first-order valence-corrected chi connectivity index (χ1v) is 14.7. The molecule has 2 aromatic rings. The fourth-order valence-electron chi connectivity index (χ4n) is 5.98. The molecule has 0 bridgehead atoms. The standard InChI is InChI=1S/C34H36N4O4/c1-23-3-7-27-9-5-25(15-29(27)13-23)17-31-19-37(21-35-31)41-33(39)11-12-34(40)42-38-20-32(36-22-38)18-26-6-10-28-8-4-24(2)14-30(28)16-26/h3-4,7-8,11-16,21-22,31-32H,5-6,9-10,17-20H2,1-2H3/b12-11+. The summed E-state index contributed by atoms with van der Waals surface area (Å²) in [5.74, 6) is -1.32. The molecule has 2 aliphatic carbocycles. The topological polar surface area (TPSA) is 83.8 Å². The van der Waals surface area contributed by atoms with E-state index in [1.54, 1.807) is 12.7 Å². The van der Waals surface area contributed by atoms with Crippen molar-refractivity contribution < 1.29 is 19.3 Å². The Labute approximate surface area is 246 Å². The molecule has 42 heavy (non-hydrogen) atoms. The highest BCUT2D eigenvalue weighted by Gasteiger charge is 2.24. The summed E-state index contributed by atoms with van der Waals surface area (Å²) in [5.41, 5.74) is 10.6. The smallest absolute Gasteiger partial charge is 0.335 e. The first kappa shape index (κ1) is 27.7. The number of hydroxylamine groups is 4. The average Bonchev–Trinajstić information content (AvgIpc) is 3.60. The van der Waals surface area contributed by atoms with Crippen LogP contribution in [0.15, 0.2) is 69.7 Å². The Morgan fingerprint density at radius 2 is 1.19 bits per heavy atom. The molecule has 2 unspecified atom stereocenters. The predicted molar refractivity (Wildman–Crippen MR) is 163 cm³/mol. The van der Waals surface area contributed by atoms with Gasteiger partial charge in [0, 0.05) is 12.2 Å². The van der Waals surface area contributed by atoms with Crippen LogP contribution in [0.4, 0.5) is 0 Å². The van der Waals surface area contributed by atoms with Crippen molar-refractivity contribution in [2.24, 2.45) is 9.98 Å². The Balaban J connectivity index is 0.916. The van der Waals surface area contributed by atoms with Crippen molar-refractivity contribution in [2.75, 3.05) is 13.1 Å². The van der Waals surface area contributed by atoms with Crippen molar-refractivity contribution in [3.05, 3.63) is 93.1 Å². The maximum Gasteiger partial charge on any atom is 0.356 e. The van der Waals surface area contributed by atoms with Gasteiger partial charge in [0.25, 0.3) is 0 Å². The van der Waals surface area contributed by atoms with Gasteiger partial charge in [-0.2, -0.15) is 10.1 Å². The zero-order valence-electron chi connectivity index (χ0n) is 24.2. The summed E-state index contributed by atoms with van der Waals surface area (Å²) in [5, 5.41) is 2.84. The molecular weight excluding hydrogens is 528 g/mol. The fraction of sp³-hybridized carbons (Fsp3) is 0.353. The number of nitrogens with zero attached hydrogens (tertiary/aromatic N) is 4. The van der Waals surface area contributed by atoms with E-state index in [4.69, 9.17) is 9.68 Å². The van der Waals surface area contributed by atoms with E-state index in [1.807, 2.05) is 0 Å². The highest BCUT2D eigenvalue weighted by molar-refractivity contribution is 5.92. The van der Waals surface area contributed by atoms with E-state index in [-0.39, 0.29) is 12.1 Å². The highest BCUT2D eigenvalue weighted by Crippen LogP contribution is 2.30. The third-order valence-corrected chi connectivity index (χ3v) is 8.11. The molecule has 0 radical (unpaired) electrons. The predicted octanol–water partition coefficient (Wildman–Crippen LogP) is 5.34. The maximum atomic E-state index is 12.3. The molecule has 6 rings (SSSR count). The van der Waals surface area contributed by atoms with Gasteiger partial charge in [-0.25, -0.2) is 9.59 Å². The Morgan fingerprint density at radius 3 is 1.64 bits per heavy atom. The second kappa shape index (κ2) is 12.2. The molecule has 2 aromatic carbocycles. The van der Waals surface area contributed by atoms with Gasteiger partial charge in [-0.05, 0) is 74.6 Å². The van der Waals surface area contributed by atoms with Crippen molar-refractivity contribution in [1.29, 1.82) is 0 Å². The lowest BCUT2D eigenvalue weighted by Gasteiger charge is -2.19. The number of carbonyl (C=O) groups is 2. The molecule has 2 aliphatic heterocycles. The minimum absolute atomic E-state index is 0.0231. The summed E-state index contributed by atoms with van der Waals surface area (Å²) in [6.45, 7) is 5.18. The number of benzene rings is 2. The summed E-state index contributed by atoms with van der Waals surface area (Å²) in [6, 6.07) is 13.2. The maximum absolute atomic E-state index is 12.3. The van der Waals surface area contributed by atoms with Crippen LogP contribution in [0.1, 0.15) is 59.1 Å². The van der Waals surface area contributed by atoms with Crippen LogP contribution in [0, 0.1) is 13.8 Å². The van der Waals surface area contributed by atoms with Gasteiger partial charge < -0.3 is 9.68 Å². The molecule has 0 N–H and O–H groups in total. The van der Waals surface area contributed by atoms with E-state index >= 15 is 0 Å². The lowest BCUT2D eigenvalue weighted by Crippen LogP contribution is -2.27. The molecule has 216 valence electrons. The highest BCUT2D eigenvalue weighted by atomic mass is 16.7. The summed E-state index contributed by atoms with van der Waals surface area (Å²) in [6.07, 6.45) is 15.5. The Hall–Kier alpha value is -4.46. The molecule has 0 saturated carbocycles. The first-order valence-electron chi connectivity index (χ1n) is 14.7. The zero-order valence-corrected chi connectivity index (χ0v) is 24.2. The van der Waals surface area contributed by atoms with Crippen LogP contribution in [0.2, 0.25) is 0 Å². The molecular formula is C34H36N4O4. The van der Waals surface area contributed by atoms with E-state index in [2.05, 4.69) is 72.4 Å². The van der Waals surface area contributed by atoms with Gasteiger partial charge in [0.15, 0.2) is 0 Å². The molecule has 0 amide bonds. The summed E-state index contributed by atoms with van der Waals surface area (Å²) in [7, 11) is 0. The number of hydrogen-bond donors (Lipinski definition) is 0. The van der Waals surface area contributed by atoms with Crippen LogP contribution in [0.25, 0.3) is 12.2 Å². The van der Waals surface area contributed by atoms with Crippen LogP contribution in [-0.4, -0.2) is 59.9 Å². The molecule has 0 fully saturated rings. The van der Waals surface area contributed by atoms with Gasteiger partial charge in [0.1, 0.15) is 12.7 Å². The summed E-state index contributed by atoms with van der Waals surface area (Å²) < 4.78 is 0. The molecule has 2 heterocycles. The average molecular weight is 565 g/mol. The van der Waals surface area contributed by atoms with E-state index in [0.29, 0.717) is 13.1 Å². The number of rotatable bonds is 8. The van der Waals surface area contributed by atoms with Gasteiger partial charge >= 0.3 is 11.9 Å². The van der Waals surface area contributed by atoms with Crippen LogP contribution >= 0.6 is 0 Å². The van der Waals surface area contributed by atoms with Crippen molar-refractivity contribution in [1.82, 2.24) is 10.1 Å². The van der Waals surface area contributed by atoms with Crippen LogP contribution in [0.3, 0.4) is 0 Å². The minimum atomic E-state index is -0.659. The van der Waals surface area contributed by atoms with E-state index in [1.165, 1.54) is 54.7 Å². The molecule has 8 nitrogen and oxygen atoms in total. The van der Waals surface area contributed by atoms with Gasteiger partial charge in [0.2, 0.25) is 0 Å². The van der Waals surface area contributed by atoms with Crippen molar-refractivity contribution in [3.63, 3.8) is 0 Å². The number of aryl methyl sites for hydroxylation is 4. The number of fused-ring (bicyclic) bond motifs is 2. The third kappa shape index (κ3) is 6.87. The van der Waals surface area contributed by atoms with Crippen molar-refractivity contribution in [3.8, 4) is 0 Å². The SMILES string of the molecule is Cc1ccc2c(c1)C=C(CC1CN(OC(=O)/C=C/C(=O)ON3C=NC(CC4=Cc5cc(C)ccc5CC4)C3)C=N1)CC2. The molecule has 8 heteroatoms. The molecule has 0 aromatic heterocycles. The molecule has 4 aliphatic rings. The lowest BCUT2D eigenvalue weighted by atomic mass is 9.88. The normalized spacial score (nSPS) is 20.8. The number of carbonyl (C=O) groups excluding carboxylic acids is 2. The quantitative estimate of drug-likeness (QED) is 0.403. The number of hydrogen-bond acceptors (Lipinski definition) is 8. The van der Waals surface area contributed by atoms with Crippen LogP contribution in [0.5, 0.6) is 0 Å². The number of aliphatic imine (C=N–C) groups is 2. The van der Waals surface area contributed by atoms with Crippen molar-refractivity contribution in [2.45, 2.75) is 64.5 Å². The Bertz CT molecular complexity index is 1420. The van der Waals surface area contributed by atoms with Gasteiger partial charge in [-0.15, -0.1) is 0 Å². The van der Waals surface area contributed by atoms with Gasteiger partial charge in [0.05, 0.1) is 25.2 Å². The van der Waals surface area contributed by atoms with E-state index in [0.717, 1.165) is 50.7 Å². The van der Waals surface area contributed by atoms with Crippen LogP contribution in [-0.2, 0) is 32.1 Å². The van der Waals surface area contributed by atoms with E-state index < -0.39 is 11.9 Å². The second-order valence-corrected chi connectivity index (χ2v) is 11.6. The van der Waals surface area contributed by atoms with E-state index in [9.17, 15) is 9.59 Å². The Kier molecular flexibility index (Phi) is 8.04. The second-order valence-electron chi connectivity index (χ2n) is 11.6. The fourth-order valence-corrected chi connectivity index (χ4v) is 5.98. The molecule has 0 spiro atoms. The minimum Gasteiger partial charge on any atom is -0.335 e. The largest absolute Gasteiger partial charge is 0.356 e. The lowest BCUT2D eigenvalue weighted by molar-refractivity contribution is -0.167. The summed E-state index contributed by atoms with van der Waals surface area (Å²) >= 11 is 0. The van der Waals surface area contributed by atoms with Gasteiger partial charge in [-0.1, -0.05) is 70.8 Å². The summed E-state index contributed by atoms with van der Waals surface area (Å²) in [4.78, 5) is 44.3. The van der Waals surface area contributed by atoms with Crippen LogP contribution < -0.4 is 0 Å². The Morgan fingerprint density at radius 1 is 0.738 bits per heavy atom. The monoisotopic (exact) mass is 564 g/mol. The third-order valence-electron chi connectivity index (χ3n) is 8.11. The van der Waals surface area contributed by atoms with Gasteiger partial charge in [-0.3, -0.25) is 9.98 Å². The molecule has 0 saturated heterocycles. The zero-order chi connectivity index (χ0) is 29.1. The first-order chi connectivity index (χ1) is 20.4. The molecule has 2 atom stereocenters.